The first kappa shape index (κ1) is 15.9. The summed E-state index contributed by atoms with van der Waals surface area (Å²) in [5.74, 6) is 0.578. The number of nitrogens with zero attached hydrogens (tertiary/aromatic N) is 1. The molecule has 1 rings (SSSR count). The van der Waals surface area contributed by atoms with E-state index in [1.807, 2.05) is 0 Å². The van der Waals surface area contributed by atoms with Crippen molar-refractivity contribution >= 4 is 0 Å². The van der Waals surface area contributed by atoms with Gasteiger partial charge in [-0.2, -0.15) is 0 Å². The number of hydrogen-bond acceptors (Lipinski definition) is 4. The lowest BCUT2D eigenvalue weighted by molar-refractivity contribution is 0.0937. The van der Waals surface area contributed by atoms with Gasteiger partial charge in [-0.05, 0) is 44.8 Å². The molecule has 3 atom stereocenters. The van der Waals surface area contributed by atoms with Crippen LogP contribution in [0.5, 0.6) is 0 Å². The van der Waals surface area contributed by atoms with Crippen LogP contribution in [-0.4, -0.2) is 60.0 Å². The number of aliphatic hydroxyl groups is 2. The maximum atomic E-state index is 9.91. The van der Waals surface area contributed by atoms with Crippen LogP contribution in [0.3, 0.4) is 0 Å². The van der Waals surface area contributed by atoms with Crippen molar-refractivity contribution in [3.05, 3.63) is 0 Å². The Hall–Kier alpha value is -0.160. The molecule has 4 nitrogen and oxygen atoms in total. The number of hydrogen-bond donors (Lipinski definition) is 3. The number of aliphatic hydroxyl groups excluding tert-OH is 2. The van der Waals surface area contributed by atoms with Crippen molar-refractivity contribution < 1.29 is 10.2 Å². The molecule has 0 saturated heterocycles. The normalized spacial score (nSPS) is 26.5. The Morgan fingerprint density at radius 3 is 2.61 bits per heavy atom. The van der Waals surface area contributed by atoms with E-state index in [1.54, 1.807) is 0 Å². The number of likely N-dealkylation sites (N-methyl/N-ethyl adjacent to an activating group) is 1. The van der Waals surface area contributed by atoms with Crippen molar-refractivity contribution in [1.29, 1.82) is 0 Å². The highest BCUT2D eigenvalue weighted by atomic mass is 16.3. The summed E-state index contributed by atoms with van der Waals surface area (Å²) in [6, 6.07) is 0. The molecule has 0 radical (unpaired) electrons. The van der Waals surface area contributed by atoms with Gasteiger partial charge in [0.2, 0.25) is 0 Å². The minimum atomic E-state index is -0.293. The zero-order valence-electron chi connectivity index (χ0n) is 11.9. The lowest BCUT2D eigenvalue weighted by Gasteiger charge is -2.27. The Kier molecular flexibility index (Phi) is 7.82. The predicted octanol–water partition coefficient (Wildman–Crippen LogP) is 0.830. The van der Waals surface area contributed by atoms with E-state index in [9.17, 15) is 10.2 Å². The van der Waals surface area contributed by atoms with Gasteiger partial charge in [-0.3, -0.25) is 0 Å². The molecular weight excluding hydrogens is 228 g/mol. The summed E-state index contributed by atoms with van der Waals surface area (Å²) in [6.07, 6.45) is 3.82. The molecular formula is C14H30N2O2. The molecule has 0 aromatic rings. The zero-order valence-corrected chi connectivity index (χ0v) is 11.9. The van der Waals surface area contributed by atoms with Gasteiger partial charge in [-0.1, -0.05) is 20.3 Å². The molecule has 18 heavy (non-hydrogen) atoms. The van der Waals surface area contributed by atoms with Crippen molar-refractivity contribution in [2.45, 2.75) is 51.7 Å². The second-order valence-corrected chi connectivity index (χ2v) is 5.48. The van der Waals surface area contributed by atoms with Crippen LogP contribution in [0.1, 0.15) is 39.5 Å². The van der Waals surface area contributed by atoms with Crippen LogP contribution in [0.2, 0.25) is 0 Å². The van der Waals surface area contributed by atoms with E-state index in [1.165, 1.54) is 6.42 Å². The average Bonchev–Trinajstić information content (AvgIpc) is 2.36. The summed E-state index contributed by atoms with van der Waals surface area (Å²) < 4.78 is 0. The first-order chi connectivity index (χ1) is 8.65. The number of rotatable bonds is 8. The largest absolute Gasteiger partial charge is 0.393 e. The molecule has 108 valence electrons. The van der Waals surface area contributed by atoms with Crippen molar-refractivity contribution in [1.82, 2.24) is 10.2 Å². The minimum absolute atomic E-state index is 0.105. The second-order valence-electron chi connectivity index (χ2n) is 5.48. The third-order valence-corrected chi connectivity index (χ3v) is 3.93. The topological polar surface area (TPSA) is 55.7 Å². The van der Waals surface area contributed by atoms with Crippen molar-refractivity contribution in [3.8, 4) is 0 Å². The minimum Gasteiger partial charge on any atom is -0.393 e. The fourth-order valence-electron chi connectivity index (χ4n) is 2.75. The molecule has 3 unspecified atom stereocenters. The van der Waals surface area contributed by atoms with Crippen molar-refractivity contribution in [3.63, 3.8) is 0 Å². The SMILES string of the molecule is CCN(CC)CC(O)CNCC1CCCC(O)C1. The third-order valence-electron chi connectivity index (χ3n) is 3.93. The summed E-state index contributed by atoms with van der Waals surface area (Å²) in [5.41, 5.74) is 0. The van der Waals surface area contributed by atoms with E-state index in [4.69, 9.17) is 0 Å². The molecule has 3 N–H and O–H groups in total. The van der Waals surface area contributed by atoms with Crippen LogP contribution in [0.25, 0.3) is 0 Å². The van der Waals surface area contributed by atoms with Gasteiger partial charge in [0, 0.05) is 13.1 Å². The van der Waals surface area contributed by atoms with Crippen LogP contribution in [0.4, 0.5) is 0 Å². The lowest BCUT2D eigenvalue weighted by atomic mass is 9.87. The molecule has 1 aliphatic rings. The first-order valence-corrected chi connectivity index (χ1v) is 7.44. The molecule has 1 saturated carbocycles. The molecule has 0 bridgehead atoms. The van der Waals surface area contributed by atoms with Gasteiger partial charge in [0.05, 0.1) is 12.2 Å². The summed E-state index contributed by atoms with van der Waals surface area (Å²) in [6.45, 7) is 8.54. The van der Waals surface area contributed by atoms with Gasteiger partial charge in [0.1, 0.15) is 0 Å². The summed E-state index contributed by atoms with van der Waals surface area (Å²) in [4.78, 5) is 2.23. The van der Waals surface area contributed by atoms with Crippen molar-refractivity contribution in [2.24, 2.45) is 5.92 Å². The Morgan fingerprint density at radius 2 is 2.00 bits per heavy atom. The molecule has 0 heterocycles. The highest BCUT2D eigenvalue weighted by molar-refractivity contribution is 4.75. The van der Waals surface area contributed by atoms with Crippen molar-refractivity contribution in [2.75, 3.05) is 32.7 Å². The monoisotopic (exact) mass is 258 g/mol. The van der Waals surface area contributed by atoms with E-state index in [0.29, 0.717) is 12.5 Å². The quantitative estimate of drug-likeness (QED) is 0.604. The van der Waals surface area contributed by atoms with Gasteiger partial charge in [-0.25, -0.2) is 0 Å². The summed E-state index contributed by atoms with van der Waals surface area (Å²) in [7, 11) is 0. The molecule has 1 fully saturated rings. The first-order valence-electron chi connectivity index (χ1n) is 7.44. The zero-order chi connectivity index (χ0) is 13.4. The standard InChI is InChI=1S/C14H30N2O2/c1-3-16(4-2)11-14(18)10-15-9-12-6-5-7-13(17)8-12/h12-15,17-18H,3-11H2,1-2H3. The van der Waals surface area contributed by atoms with Crippen LogP contribution < -0.4 is 5.32 Å². The predicted molar refractivity (Wildman–Crippen MR) is 74.6 cm³/mol. The molecule has 0 aromatic carbocycles. The Bertz CT molecular complexity index is 210. The van der Waals surface area contributed by atoms with Crippen LogP contribution >= 0.6 is 0 Å². The smallest absolute Gasteiger partial charge is 0.0791 e. The molecule has 0 amide bonds. The highest BCUT2D eigenvalue weighted by Gasteiger charge is 2.20. The van der Waals surface area contributed by atoms with Gasteiger partial charge < -0.3 is 20.4 Å². The molecule has 0 spiro atoms. The summed E-state index contributed by atoms with van der Waals surface area (Å²) in [5, 5.41) is 22.8. The molecule has 0 aromatic heterocycles. The Balaban J connectivity index is 2.09. The Labute approximate surface area is 111 Å². The number of nitrogens with one attached hydrogen (secondary N) is 1. The molecule has 0 aliphatic heterocycles. The van der Waals surface area contributed by atoms with Gasteiger partial charge >= 0.3 is 0 Å². The molecule has 4 heteroatoms. The lowest BCUT2D eigenvalue weighted by Crippen LogP contribution is -2.40. The van der Waals surface area contributed by atoms with E-state index >= 15 is 0 Å². The van der Waals surface area contributed by atoms with E-state index in [-0.39, 0.29) is 12.2 Å². The van der Waals surface area contributed by atoms with Gasteiger partial charge in [0.25, 0.3) is 0 Å². The van der Waals surface area contributed by atoms with Crippen LogP contribution in [-0.2, 0) is 0 Å². The van der Waals surface area contributed by atoms with E-state index in [0.717, 1.165) is 45.4 Å². The van der Waals surface area contributed by atoms with Crippen LogP contribution in [0.15, 0.2) is 0 Å². The average molecular weight is 258 g/mol. The fraction of sp³-hybridized carbons (Fsp3) is 1.00. The third kappa shape index (κ3) is 6.14. The van der Waals surface area contributed by atoms with E-state index in [2.05, 4.69) is 24.1 Å². The van der Waals surface area contributed by atoms with Gasteiger partial charge in [-0.15, -0.1) is 0 Å². The second kappa shape index (κ2) is 8.86. The maximum absolute atomic E-state index is 9.91. The summed E-state index contributed by atoms with van der Waals surface area (Å²) >= 11 is 0. The molecule has 1 aliphatic carbocycles. The Morgan fingerprint density at radius 1 is 1.28 bits per heavy atom. The van der Waals surface area contributed by atoms with Gasteiger partial charge in [0.15, 0.2) is 0 Å². The maximum Gasteiger partial charge on any atom is 0.0791 e. The fourth-order valence-corrected chi connectivity index (χ4v) is 2.75. The highest BCUT2D eigenvalue weighted by Crippen LogP contribution is 2.23. The van der Waals surface area contributed by atoms with E-state index < -0.39 is 0 Å². The van der Waals surface area contributed by atoms with Crippen LogP contribution in [0, 0.1) is 5.92 Å².